The van der Waals surface area contributed by atoms with Gasteiger partial charge in [-0.15, -0.1) is 0 Å². The Morgan fingerprint density at radius 2 is 2.17 bits per heavy atom. The molecule has 0 spiro atoms. The average Bonchev–Trinajstić information content (AvgIpc) is 2.93. The van der Waals surface area contributed by atoms with Crippen LogP contribution in [0.15, 0.2) is 18.3 Å². The SMILES string of the molecule is CC(C)(CNC(=O)C1(C(=O)O)CC1)c1ccc[nH]1. The van der Waals surface area contributed by atoms with E-state index < -0.39 is 11.4 Å². The van der Waals surface area contributed by atoms with E-state index in [9.17, 15) is 9.59 Å². The van der Waals surface area contributed by atoms with Gasteiger partial charge >= 0.3 is 5.97 Å². The topological polar surface area (TPSA) is 82.2 Å². The quantitative estimate of drug-likeness (QED) is 0.688. The van der Waals surface area contributed by atoms with Gasteiger partial charge in [0, 0.05) is 23.9 Å². The van der Waals surface area contributed by atoms with Crippen LogP contribution < -0.4 is 5.32 Å². The van der Waals surface area contributed by atoms with Gasteiger partial charge < -0.3 is 15.4 Å². The summed E-state index contributed by atoms with van der Waals surface area (Å²) in [6.07, 6.45) is 2.72. The van der Waals surface area contributed by atoms with Gasteiger partial charge in [0.1, 0.15) is 5.41 Å². The lowest BCUT2D eigenvalue weighted by Crippen LogP contribution is -2.43. The molecule has 0 unspecified atom stereocenters. The van der Waals surface area contributed by atoms with Crippen molar-refractivity contribution in [3.05, 3.63) is 24.0 Å². The first kappa shape index (κ1) is 12.7. The summed E-state index contributed by atoms with van der Waals surface area (Å²) in [6.45, 7) is 4.42. The largest absolute Gasteiger partial charge is 0.480 e. The Balaban J connectivity index is 1.96. The summed E-state index contributed by atoms with van der Waals surface area (Å²) in [6, 6.07) is 3.86. The van der Waals surface area contributed by atoms with Gasteiger partial charge in [0.25, 0.3) is 0 Å². The molecule has 1 aliphatic carbocycles. The zero-order valence-electron chi connectivity index (χ0n) is 10.6. The van der Waals surface area contributed by atoms with E-state index >= 15 is 0 Å². The number of hydrogen-bond donors (Lipinski definition) is 3. The third-order valence-electron chi connectivity index (χ3n) is 3.61. The van der Waals surface area contributed by atoms with Crippen LogP contribution in [-0.4, -0.2) is 28.5 Å². The second kappa shape index (κ2) is 4.15. The van der Waals surface area contributed by atoms with Crippen LogP contribution in [-0.2, 0) is 15.0 Å². The Hall–Kier alpha value is -1.78. The lowest BCUT2D eigenvalue weighted by molar-refractivity contribution is -0.149. The highest BCUT2D eigenvalue weighted by atomic mass is 16.4. The number of carbonyl (C=O) groups excluding carboxylic acids is 1. The van der Waals surface area contributed by atoms with Crippen LogP contribution >= 0.6 is 0 Å². The molecule has 1 fully saturated rings. The summed E-state index contributed by atoms with van der Waals surface area (Å²) in [4.78, 5) is 26.0. The highest BCUT2D eigenvalue weighted by Gasteiger charge is 2.57. The zero-order valence-corrected chi connectivity index (χ0v) is 10.6. The van der Waals surface area contributed by atoms with Crippen molar-refractivity contribution in [1.82, 2.24) is 10.3 Å². The smallest absolute Gasteiger partial charge is 0.319 e. The molecule has 2 rings (SSSR count). The highest BCUT2D eigenvalue weighted by Crippen LogP contribution is 2.46. The van der Waals surface area contributed by atoms with Crippen LogP contribution in [0.25, 0.3) is 0 Å². The maximum absolute atomic E-state index is 11.9. The maximum Gasteiger partial charge on any atom is 0.319 e. The fourth-order valence-corrected chi connectivity index (χ4v) is 1.98. The molecule has 0 aromatic carbocycles. The van der Waals surface area contributed by atoms with E-state index in [-0.39, 0.29) is 11.3 Å². The van der Waals surface area contributed by atoms with Crippen molar-refractivity contribution in [3.8, 4) is 0 Å². The van der Waals surface area contributed by atoms with Gasteiger partial charge in [-0.25, -0.2) is 0 Å². The van der Waals surface area contributed by atoms with Crippen LogP contribution in [0.2, 0.25) is 0 Å². The molecule has 1 aliphatic rings. The molecule has 0 atom stereocenters. The number of amides is 1. The van der Waals surface area contributed by atoms with E-state index in [2.05, 4.69) is 10.3 Å². The second-order valence-corrected chi connectivity index (χ2v) is 5.54. The zero-order chi connectivity index (χ0) is 13.4. The number of nitrogens with one attached hydrogen (secondary N) is 2. The lowest BCUT2D eigenvalue weighted by Gasteiger charge is -2.24. The Labute approximate surface area is 106 Å². The minimum absolute atomic E-state index is 0.242. The van der Waals surface area contributed by atoms with Gasteiger partial charge in [-0.3, -0.25) is 9.59 Å². The third kappa shape index (κ3) is 2.12. The molecule has 0 saturated heterocycles. The molecule has 1 heterocycles. The predicted octanol–water partition coefficient (Wildman–Crippen LogP) is 1.27. The molecule has 3 N–H and O–H groups in total. The molecular weight excluding hydrogens is 232 g/mol. The van der Waals surface area contributed by atoms with E-state index in [4.69, 9.17) is 5.11 Å². The number of carboxylic acid groups (broad SMARTS) is 1. The fraction of sp³-hybridized carbons (Fsp3) is 0.538. The van der Waals surface area contributed by atoms with Gasteiger partial charge in [0.05, 0.1) is 0 Å². The molecule has 0 bridgehead atoms. The van der Waals surface area contributed by atoms with Crippen molar-refractivity contribution in [2.24, 2.45) is 5.41 Å². The van der Waals surface area contributed by atoms with E-state index in [1.807, 2.05) is 32.2 Å². The van der Waals surface area contributed by atoms with Crippen LogP contribution in [0.1, 0.15) is 32.4 Å². The number of rotatable bonds is 5. The molecule has 0 aliphatic heterocycles. The van der Waals surface area contributed by atoms with Gasteiger partial charge in [0.2, 0.25) is 5.91 Å². The number of aromatic nitrogens is 1. The molecule has 5 heteroatoms. The second-order valence-electron chi connectivity index (χ2n) is 5.54. The minimum Gasteiger partial charge on any atom is -0.480 e. The molecule has 18 heavy (non-hydrogen) atoms. The van der Waals surface area contributed by atoms with Crippen LogP contribution in [0.5, 0.6) is 0 Å². The summed E-state index contributed by atoms with van der Waals surface area (Å²) in [5.41, 5.74) is -0.387. The molecule has 1 aromatic rings. The molecule has 98 valence electrons. The number of carboxylic acids is 1. The average molecular weight is 250 g/mol. The Bertz CT molecular complexity index is 459. The Morgan fingerprint density at radius 1 is 1.50 bits per heavy atom. The standard InChI is InChI=1S/C13H18N2O3/c1-12(2,9-4-3-7-14-9)8-15-10(16)13(5-6-13)11(17)18/h3-4,7,14H,5-6,8H2,1-2H3,(H,15,16)(H,17,18). The third-order valence-corrected chi connectivity index (χ3v) is 3.61. The number of carbonyl (C=O) groups is 2. The Kier molecular flexibility index (Phi) is 2.92. The molecule has 1 saturated carbocycles. The van der Waals surface area contributed by atoms with E-state index in [0.717, 1.165) is 5.69 Å². The molecule has 1 aromatic heterocycles. The van der Waals surface area contributed by atoms with Crippen LogP contribution in [0.4, 0.5) is 0 Å². The van der Waals surface area contributed by atoms with Crippen molar-refractivity contribution >= 4 is 11.9 Å². The number of aliphatic carboxylic acids is 1. The summed E-state index contributed by atoms with van der Waals surface area (Å²) >= 11 is 0. The molecular formula is C13H18N2O3. The van der Waals surface area contributed by atoms with Crippen molar-refractivity contribution in [2.45, 2.75) is 32.1 Å². The predicted molar refractivity (Wildman–Crippen MR) is 66.1 cm³/mol. The summed E-state index contributed by atoms with van der Waals surface area (Å²) < 4.78 is 0. The van der Waals surface area contributed by atoms with Crippen LogP contribution in [0, 0.1) is 5.41 Å². The van der Waals surface area contributed by atoms with Crippen molar-refractivity contribution in [1.29, 1.82) is 0 Å². The summed E-state index contributed by atoms with van der Waals surface area (Å²) in [7, 11) is 0. The van der Waals surface area contributed by atoms with E-state index in [1.54, 1.807) is 0 Å². The normalized spacial score (nSPS) is 17.2. The van der Waals surface area contributed by atoms with E-state index in [0.29, 0.717) is 19.4 Å². The molecule has 5 nitrogen and oxygen atoms in total. The monoisotopic (exact) mass is 250 g/mol. The fourth-order valence-electron chi connectivity index (χ4n) is 1.98. The first-order valence-corrected chi connectivity index (χ1v) is 6.04. The number of aromatic amines is 1. The minimum atomic E-state index is -1.16. The summed E-state index contributed by atoms with van der Waals surface area (Å²) in [5.74, 6) is -1.38. The maximum atomic E-state index is 11.9. The van der Waals surface area contributed by atoms with E-state index in [1.165, 1.54) is 0 Å². The summed E-state index contributed by atoms with van der Waals surface area (Å²) in [5, 5.41) is 11.8. The lowest BCUT2D eigenvalue weighted by atomic mass is 9.89. The van der Waals surface area contributed by atoms with Gasteiger partial charge in [0.15, 0.2) is 0 Å². The first-order chi connectivity index (χ1) is 8.38. The van der Waals surface area contributed by atoms with Crippen LogP contribution in [0.3, 0.4) is 0 Å². The van der Waals surface area contributed by atoms with Gasteiger partial charge in [-0.2, -0.15) is 0 Å². The highest BCUT2D eigenvalue weighted by molar-refractivity contribution is 6.04. The van der Waals surface area contributed by atoms with Crippen molar-refractivity contribution < 1.29 is 14.7 Å². The molecule has 1 amide bonds. The van der Waals surface area contributed by atoms with Gasteiger partial charge in [-0.05, 0) is 25.0 Å². The Morgan fingerprint density at radius 3 is 2.61 bits per heavy atom. The first-order valence-electron chi connectivity index (χ1n) is 6.04. The number of H-pyrrole nitrogens is 1. The van der Waals surface area contributed by atoms with Crippen molar-refractivity contribution in [2.75, 3.05) is 6.54 Å². The number of hydrogen-bond acceptors (Lipinski definition) is 2. The van der Waals surface area contributed by atoms with Gasteiger partial charge in [-0.1, -0.05) is 13.8 Å². The van der Waals surface area contributed by atoms with Crippen molar-refractivity contribution in [3.63, 3.8) is 0 Å². The molecule has 0 radical (unpaired) electrons.